The number of furan rings is 1. The van der Waals surface area contributed by atoms with Crippen LogP contribution in [0.5, 0.6) is 0 Å². The summed E-state index contributed by atoms with van der Waals surface area (Å²) in [6.45, 7) is 6.18. The molecule has 124 valence electrons. The molecule has 1 aliphatic heterocycles. The second kappa shape index (κ2) is 8.56. The Kier molecular flexibility index (Phi) is 6.45. The molecular weight excluding hydrogens is 288 g/mol. The van der Waals surface area contributed by atoms with Gasteiger partial charge in [0, 0.05) is 12.0 Å². The van der Waals surface area contributed by atoms with Crippen molar-refractivity contribution in [1.82, 2.24) is 0 Å². The zero-order valence-electron chi connectivity index (χ0n) is 14.3. The highest BCUT2D eigenvalue weighted by atomic mass is 16.5. The SMILES string of the molecule is CC(C)=CCCC1=CC[C@H](C(C)=CCCc2ccoc2)OC1=O. The lowest BCUT2D eigenvalue weighted by Crippen LogP contribution is -2.24. The third kappa shape index (κ3) is 5.59. The number of carbonyl (C=O) groups is 1. The molecule has 0 bridgehead atoms. The van der Waals surface area contributed by atoms with Crippen molar-refractivity contribution in [2.75, 3.05) is 0 Å². The van der Waals surface area contributed by atoms with Crippen molar-refractivity contribution in [3.05, 3.63) is 59.1 Å². The highest BCUT2D eigenvalue weighted by Gasteiger charge is 2.23. The lowest BCUT2D eigenvalue weighted by Gasteiger charge is -2.23. The second-order valence-electron chi connectivity index (χ2n) is 6.30. The first-order chi connectivity index (χ1) is 11.1. The number of allylic oxidation sites excluding steroid dienone is 3. The number of carbonyl (C=O) groups excluding carboxylic acids is 1. The van der Waals surface area contributed by atoms with Crippen LogP contribution in [0.2, 0.25) is 0 Å². The molecule has 2 heterocycles. The Morgan fingerprint density at radius 2 is 2.00 bits per heavy atom. The number of hydrogen-bond acceptors (Lipinski definition) is 3. The Morgan fingerprint density at radius 3 is 2.65 bits per heavy atom. The van der Waals surface area contributed by atoms with Gasteiger partial charge in [0.15, 0.2) is 0 Å². The largest absolute Gasteiger partial charge is 0.472 e. The smallest absolute Gasteiger partial charge is 0.334 e. The fourth-order valence-corrected chi connectivity index (χ4v) is 2.62. The van der Waals surface area contributed by atoms with Gasteiger partial charge in [0.2, 0.25) is 0 Å². The number of esters is 1. The molecule has 0 saturated carbocycles. The van der Waals surface area contributed by atoms with E-state index in [4.69, 9.17) is 9.15 Å². The Hall–Kier alpha value is -2.03. The van der Waals surface area contributed by atoms with Gasteiger partial charge in [-0.1, -0.05) is 23.8 Å². The molecule has 1 atom stereocenters. The molecule has 0 spiro atoms. The molecule has 0 amide bonds. The van der Waals surface area contributed by atoms with Crippen molar-refractivity contribution in [2.45, 2.75) is 59.0 Å². The minimum atomic E-state index is -0.161. The quantitative estimate of drug-likeness (QED) is 0.516. The molecule has 0 aliphatic carbocycles. The van der Waals surface area contributed by atoms with Crippen molar-refractivity contribution < 1.29 is 13.9 Å². The van der Waals surface area contributed by atoms with Crippen LogP contribution in [0, 0.1) is 0 Å². The zero-order chi connectivity index (χ0) is 16.7. The second-order valence-corrected chi connectivity index (χ2v) is 6.30. The van der Waals surface area contributed by atoms with Gasteiger partial charge in [-0.15, -0.1) is 0 Å². The molecule has 0 unspecified atom stereocenters. The molecule has 0 saturated heterocycles. The number of cyclic esters (lactones) is 1. The average Bonchev–Trinajstić information content (AvgIpc) is 3.01. The number of ether oxygens (including phenoxy) is 1. The van der Waals surface area contributed by atoms with Gasteiger partial charge in [0.05, 0.1) is 12.5 Å². The molecule has 2 rings (SSSR count). The number of rotatable bonds is 7. The van der Waals surface area contributed by atoms with Gasteiger partial charge in [-0.05, 0) is 63.7 Å². The van der Waals surface area contributed by atoms with Gasteiger partial charge in [-0.3, -0.25) is 0 Å². The minimum absolute atomic E-state index is 0.112. The molecule has 1 aromatic heterocycles. The van der Waals surface area contributed by atoms with Crippen LogP contribution < -0.4 is 0 Å². The molecular formula is C20H26O3. The zero-order valence-corrected chi connectivity index (χ0v) is 14.3. The van der Waals surface area contributed by atoms with Crippen LogP contribution in [0.3, 0.4) is 0 Å². The van der Waals surface area contributed by atoms with Gasteiger partial charge in [-0.25, -0.2) is 4.79 Å². The lowest BCUT2D eigenvalue weighted by molar-refractivity contribution is -0.143. The predicted octanol–water partition coefficient (Wildman–Crippen LogP) is 5.15. The van der Waals surface area contributed by atoms with Crippen LogP contribution in [-0.2, 0) is 16.0 Å². The van der Waals surface area contributed by atoms with E-state index in [-0.39, 0.29) is 12.1 Å². The summed E-state index contributed by atoms with van der Waals surface area (Å²) in [5.74, 6) is -0.161. The van der Waals surface area contributed by atoms with Crippen molar-refractivity contribution >= 4 is 5.97 Å². The van der Waals surface area contributed by atoms with Crippen molar-refractivity contribution in [3.63, 3.8) is 0 Å². The molecule has 0 aromatic carbocycles. The van der Waals surface area contributed by atoms with Crippen LogP contribution >= 0.6 is 0 Å². The average molecular weight is 314 g/mol. The summed E-state index contributed by atoms with van der Waals surface area (Å²) in [5.41, 5.74) is 4.41. The normalized spacial score (nSPS) is 18.4. The van der Waals surface area contributed by atoms with Gasteiger partial charge >= 0.3 is 5.97 Å². The molecule has 0 radical (unpaired) electrons. The number of aryl methyl sites for hydroxylation is 1. The van der Waals surface area contributed by atoms with Gasteiger partial charge in [-0.2, -0.15) is 0 Å². The van der Waals surface area contributed by atoms with E-state index in [1.54, 1.807) is 12.5 Å². The van der Waals surface area contributed by atoms with Crippen molar-refractivity contribution in [3.8, 4) is 0 Å². The minimum Gasteiger partial charge on any atom is -0.472 e. The van der Waals surface area contributed by atoms with Gasteiger partial charge in [0.25, 0.3) is 0 Å². The molecule has 3 heteroatoms. The van der Waals surface area contributed by atoms with E-state index in [2.05, 4.69) is 26.0 Å². The Morgan fingerprint density at radius 1 is 1.22 bits per heavy atom. The van der Waals surface area contributed by atoms with Gasteiger partial charge < -0.3 is 9.15 Å². The summed E-state index contributed by atoms with van der Waals surface area (Å²) in [6, 6.07) is 1.98. The van der Waals surface area contributed by atoms with Crippen LogP contribution in [-0.4, -0.2) is 12.1 Å². The van der Waals surface area contributed by atoms with E-state index in [1.807, 2.05) is 19.1 Å². The molecule has 0 fully saturated rings. The molecule has 0 N–H and O–H groups in total. The Labute approximate surface area is 138 Å². The van der Waals surface area contributed by atoms with Crippen LogP contribution in [0.25, 0.3) is 0 Å². The first-order valence-electron chi connectivity index (χ1n) is 8.27. The standard InChI is InChI=1S/C20H26O3/c1-15(2)6-4-9-18-10-11-19(23-20(18)21)16(3)7-5-8-17-12-13-22-14-17/h6-7,10,12-14,19H,4-5,8-9,11H2,1-3H3/t19-/m1/s1. The van der Waals surface area contributed by atoms with Crippen LogP contribution in [0.1, 0.15) is 52.0 Å². The highest BCUT2D eigenvalue weighted by Crippen LogP contribution is 2.23. The maximum atomic E-state index is 12.1. The van der Waals surface area contributed by atoms with E-state index in [1.165, 1.54) is 11.1 Å². The summed E-state index contributed by atoms with van der Waals surface area (Å²) in [6.07, 6.45) is 14.0. The topological polar surface area (TPSA) is 39.4 Å². The maximum Gasteiger partial charge on any atom is 0.334 e. The summed E-state index contributed by atoms with van der Waals surface area (Å²) in [7, 11) is 0. The number of hydrogen-bond donors (Lipinski definition) is 0. The molecule has 23 heavy (non-hydrogen) atoms. The molecule has 1 aromatic rings. The van der Waals surface area contributed by atoms with Crippen molar-refractivity contribution in [1.29, 1.82) is 0 Å². The van der Waals surface area contributed by atoms with Crippen LogP contribution in [0.15, 0.2) is 58.0 Å². The van der Waals surface area contributed by atoms with E-state index >= 15 is 0 Å². The Balaban J connectivity index is 1.84. The van der Waals surface area contributed by atoms with Crippen molar-refractivity contribution in [2.24, 2.45) is 0 Å². The monoisotopic (exact) mass is 314 g/mol. The van der Waals surface area contributed by atoms with E-state index in [0.717, 1.165) is 43.3 Å². The van der Waals surface area contributed by atoms with E-state index in [0.29, 0.717) is 0 Å². The van der Waals surface area contributed by atoms with E-state index in [9.17, 15) is 4.79 Å². The first kappa shape index (κ1) is 17.3. The fraction of sp³-hybridized carbons (Fsp3) is 0.450. The summed E-state index contributed by atoms with van der Waals surface area (Å²) >= 11 is 0. The highest BCUT2D eigenvalue weighted by molar-refractivity contribution is 5.89. The molecule has 1 aliphatic rings. The van der Waals surface area contributed by atoms with Crippen LogP contribution in [0.4, 0.5) is 0 Å². The fourth-order valence-electron chi connectivity index (χ4n) is 2.62. The van der Waals surface area contributed by atoms with E-state index < -0.39 is 0 Å². The Bertz CT molecular complexity index is 599. The third-order valence-electron chi connectivity index (χ3n) is 4.04. The lowest BCUT2D eigenvalue weighted by atomic mass is 9.99. The molecule has 3 nitrogen and oxygen atoms in total. The summed E-state index contributed by atoms with van der Waals surface area (Å²) in [5, 5.41) is 0. The predicted molar refractivity (Wildman–Crippen MR) is 92.0 cm³/mol. The summed E-state index contributed by atoms with van der Waals surface area (Å²) < 4.78 is 10.7. The van der Waals surface area contributed by atoms with Gasteiger partial charge in [0.1, 0.15) is 6.10 Å². The third-order valence-corrected chi connectivity index (χ3v) is 4.04. The first-order valence-corrected chi connectivity index (χ1v) is 8.27. The maximum absolute atomic E-state index is 12.1. The summed E-state index contributed by atoms with van der Waals surface area (Å²) in [4.78, 5) is 12.1.